The van der Waals surface area contributed by atoms with Gasteiger partial charge < -0.3 is 9.42 Å². The van der Waals surface area contributed by atoms with Gasteiger partial charge in [0.2, 0.25) is 0 Å². The highest BCUT2D eigenvalue weighted by Gasteiger charge is 2.29. The maximum Gasteiger partial charge on any atom is 0.276 e. The van der Waals surface area contributed by atoms with E-state index in [0.29, 0.717) is 11.7 Å². The zero-order chi connectivity index (χ0) is 15.4. The van der Waals surface area contributed by atoms with Gasteiger partial charge in [-0.2, -0.15) is 11.8 Å². The van der Waals surface area contributed by atoms with Crippen molar-refractivity contribution in [1.82, 2.24) is 15.0 Å². The van der Waals surface area contributed by atoms with Gasteiger partial charge in [-0.3, -0.25) is 9.69 Å². The monoisotopic (exact) mass is 323 g/mol. The van der Waals surface area contributed by atoms with E-state index in [1.54, 1.807) is 6.07 Å². The van der Waals surface area contributed by atoms with E-state index in [1.807, 2.05) is 16.7 Å². The zero-order valence-corrected chi connectivity index (χ0v) is 14.1. The lowest BCUT2D eigenvalue weighted by atomic mass is 10.0. The van der Waals surface area contributed by atoms with Crippen LogP contribution in [0.3, 0.4) is 0 Å². The Kier molecular flexibility index (Phi) is 5.41. The van der Waals surface area contributed by atoms with Crippen molar-refractivity contribution in [3.05, 3.63) is 17.5 Å². The number of hydrogen-bond donors (Lipinski definition) is 0. The highest BCUT2D eigenvalue weighted by atomic mass is 32.2. The average molecular weight is 323 g/mol. The van der Waals surface area contributed by atoms with Gasteiger partial charge in [0.15, 0.2) is 5.69 Å². The summed E-state index contributed by atoms with van der Waals surface area (Å²) >= 11 is 2.05. The Morgan fingerprint density at radius 3 is 2.73 bits per heavy atom. The Labute approximate surface area is 136 Å². The molecule has 1 amide bonds. The first-order valence-corrected chi connectivity index (χ1v) is 9.50. The van der Waals surface area contributed by atoms with E-state index in [2.05, 4.69) is 17.0 Å². The van der Waals surface area contributed by atoms with Crippen LogP contribution in [0, 0.1) is 0 Å². The Morgan fingerprint density at radius 1 is 1.32 bits per heavy atom. The van der Waals surface area contributed by atoms with Gasteiger partial charge in [-0.05, 0) is 19.3 Å². The molecule has 122 valence electrons. The molecule has 0 aromatic carbocycles. The summed E-state index contributed by atoms with van der Waals surface area (Å²) in [4.78, 5) is 17.0. The molecule has 0 saturated carbocycles. The predicted octanol–water partition coefficient (Wildman–Crippen LogP) is 2.28. The number of aryl methyl sites for hydroxylation is 1. The molecule has 3 heterocycles. The third-order valence-corrected chi connectivity index (χ3v) is 5.53. The fourth-order valence-electron chi connectivity index (χ4n) is 3.32. The molecule has 2 saturated heterocycles. The Balaban J connectivity index is 1.52. The highest BCUT2D eigenvalue weighted by molar-refractivity contribution is 7.99. The van der Waals surface area contributed by atoms with Gasteiger partial charge in [-0.15, -0.1) is 0 Å². The minimum Gasteiger partial charge on any atom is -0.361 e. The third-order valence-electron chi connectivity index (χ3n) is 4.59. The van der Waals surface area contributed by atoms with Crippen LogP contribution in [0.15, 0.2) is 10.6 Å². The Bertz CT molecular complexity index is 491. The van der Waals surface area contributed by atoms with Crippen molar-refractivity contribution in [2.45, 2.75) is 38.6 Å². The van der Waals surface area contributed by atoms with Crippen molar-refractivity contribution in [2.24, 2.45) is 0 Å². The van der Waals surface area contributed by atoms with Crippen LogP contribution < -0.4 is 0 Å². The molecule has 0 atom stereocenters. The second-order valence-electron chi connectivity index (χ2n) is 6.10. The van der Waals surface area contributed by atoms with Gasteiger partial charge in [0, 0.05) is 56.2 Å². The maximum absolute atomic E-state index is 12.5. The van der Waals surface area contributed by atoms with E-state index in [1.165, 1.54) is 24.6 Å². The number of thioether (sulfide) groups is 1. The van der Waals surface area contributed by atoms with E-state index in [-0.39, 0.29) is 5.91 Å². The second kappa shape index (κ2) is 7.51. The normalized spacial score (nSPS) is 21.2. The number of rotatable bonds is 4. The summed E-state index contributed by atoms with van der Waals surface area (Å²) in [7, 11) is 0. The SMILES string of the molecule is CCCc1cc(C(=O)N2CCC(N3CCSCC3)CC2)no1. The van der Waals surface area contributed by atoms with Crippen molar-refractivity contribution < 1.29 is 9.32 Å². The quantitative estimate of drug-likeness (QED) is 0.851. The van der Waals surface area contributed by atoms with Crippen LogP contribution in [0.2, 0.25) is 0 Å². The van der Waals surface area contributed by atoms with Gasteiger partial charge >= 0.3 is 0 Å². The molecule has 0 N–H and O–H groups in total. The highest BCUT2D eigenvalue weighted by Crippen LogP contribution is 2.21. The molecular weight excluding hydrogens is 298 g/mol. The van der Waals surface area contributed by atoms with Gasteiger partial charge in [0.05, 0.1) is 0 Å². The van der Waals surface area contributed by atoms with Crippen LogP contribution in [0.4, 0.5) is 0 Å². The zero-order valence-electron chi connectivity index (χ0n) is 13.3. The fourth-order valence-corrected chi connectivity index (χ4v) is 4.25. The Hall–Kier alpha value is -1.01. The number of piperidine rings is 1. The molecule has 1 aromatic heterocycles. The first-order chi connectivity index (χ1) is 10.8. The Morgan fingerprint density at radius 2 is 2.05 bits per heavy atom. The molecule has 1 aromatic rings. The first kappa shape index (κ1) is 15.9. The third kappa shape index (κ3) is 3.66. The van der Waals surface area contributed by atoms with E-state index < -0.39 is 0 Å². The molecule has 22 heavy (non-hydrogen) atoms. The summed E-state index contributed by atoms with van der Waals surface area (Å²) < 4.78 is 5.23. The van der Waals surface area contributed by atoms with E-state index >= 15 is 0 Å². The first-order valence-electron chi connectivity index (χ1n) is 8.34. The number of nitrogens with zero attached hydrogens (tertiary/aromatic N) is 3. The van der Waals surface area contributed by atoms with Crippen LogP contribution in [-0.4, -0.2) is 64.6 Å². The lowest BCUT2D eigenvalue weighted by Crippen LogP contribution is -2.49. The summed E-state index contributed by atoms with van der Waals surface area (Å²) in [5.74, 6) is 3.33. The number of hydrogen-bond acceptors (Lipinski definition) is 5. The molecule has 2 aliphatic rings. The maximum atomic E-state index is 12.5. The standard InChI is InChI=1S/C16H25N3O2S/c1-2-3-14-12-15(17-21-14)16(20)19-6-4-13(5-7-19)18-8-10-22-11-9-18/h12-13H,2-11H2,1H3. The van der Waals surface area contributed by atoms with Gasteiger partial charge in [0.25, 0.3) is 5.91 Å². The van der Waals surface area contributed by atoms with E-state index in [9.17, 15) is 4.79 Å². The number of likely N-dealkylation sites (tertiary alicyclic amines) is 1. The molecule has 6 heteroatoms. The molecule has 0 aliphatic carbocycles. The van der Waals surface area contributed by atoms with Gasteiger partial charge in [-0.25, -0.2) is 0 Å². The lowest BCUT2D eigenvalue weighted by Gasteiger charge is -2.39. The van der Waals surface area contributed by atoms with Crippen molar-refractivity contribution in [3.63, 3.8) is 0 Å². The van der Waals surface area contributed by atoms with Crippen LogP contribution in [0.1, 0.15) is 42.4 Å². The largest absolute Gasteiger partial charge is 0.361 e. The van der Waals surface area contributed by atoms with E-state index in [4.69, 9.17) is 4.52 Å². The van der Waals surface area contributed by atoms with Crippen LogP contribution in [-0.2, 0) is 6.42 Å². The summed E-state index contributed by atoms with van der Waals surface area (Å²) in [5, 5.41) is 3.94. The van der Waals surface area contributed by atoms with Crippen LogP contribution in [0.5, 0.6) is 0 Å². The number of carbonyl (C=O) groups excluding carboxylic acids is 1. The van der Waals surface area contributed by atoms with Gasteiger partial charge in [-0.1, -0.05) is 12.1 Å². The fraction of sp³-hybridized carbons (Fsp3) is 0.750. The molecule has 5 nitrogen and oxygen atoms in total. The van der Waals surface area contributed by atoms with Gasteiger partial charge in [0.1, 0.15) is 5.76 Å². The second-order valence-corrected chi connectivity index (χ2v) is 7.32. The predicted molar refractivity (Wildman–Crippen MR) is 88.3 cm³/mol. The van der Waals surface area contributed by atoms with Crippen molar-refractivity contribution in [1.29, 1.82) is 0 Å². The number of amides is 1. The minimum absolute atomic E-state index is 0.0266. The molecule has 2 fully saturated rings. The molecule has 2 aliphatic heterocycles. The van der Waals surface area contributed by atoms with Crippen LogP contribution >= 0.6 is 11.8 Å². The summed E-state index contributed by atoms with van der Waals surface area (Å²) in [6.45, 7) is 6.17. The summed E-state index contributed by atoms with van der Waals surface area (Å²) in [6.07, 6.45) is 4.00. The van der Waals surface area contributed by atoms with E-state index in [0.717, 1.165) is 44.5 Å². The molecule has 0 bridgehead atoms. The smallest absolute Gasteiger partial charge is 0.276 e. The average Bonchev–Trinajstić information content (AvgIpc) is 3.04. The number of carbonyl (C=O) groups is 1. The lowest BCUT2D eigenvalue weighted by molar-refractivity contribution is 0.0621. The molecule has 0 unspecified atom stereocenters. The van der Waals surface area contributed by atoms with Crippen molar-refractivity contribution in [3.8, 4) is 0 Å². The van der Waals surface area contributed by atoms with Crippen LogP contribution in [0.25, 0.3) is 0 Å². The number of aromatic nitrogens is 1. The topological polar surface area (TPSA) is 49.6 Å². The minimum atomic E-state index is 0.0266. The van der Waals surface area contributed by atoms with Crippen molar-refractivity contribution in [2.75, 3.05) is 37.7 Å². The molecule has 0 spiro atoms. The molecule has 0 radical (unpaired) electrons. The summed E-state index contributed by atoms with van der Waals surface area (Å²) in [5.41, 5.74) is 0.469. The molecular formula is C16H25N3O2S. The summed E-state index contributed by atoms with van der Waals surface area (Å²) in [6, 6.07) is 2.46. The molecule has 3 rings (SSSR count). The van der Waals surface area contributed by atoms with Crippen molar-refractivity contribution >= 4 is 17.7 Å².